The van der Waals surface area contributed by atoms with Crippen molar-refractivity contribution < 1.29 is 19.1 Å². The molecule has 2 amide bonds. The average Bonchev–Trinajstić information content (AvgIpc) is 2.97. The second-order valence-electron chi connectivity index (χ2n) is 5.87. The summed E-state index contributed by atoms with van der Waals surface area (Å²) in [5, 5.41) is 33.1. The molecule has 2 aromatic heterocycles. The summed E-state index contributed by atoms with van der Waals surface area (Å²) in [7, 11) is 0. The Kier molecular flexibility index (Phi) is 5.15. The van der Waals surface area contributed by atoms with E-state index in [0.717, 1.165) is 11.3 Å². The smallest absolute Gasteiger partial charge is 0.261 e. The number of benzene rings is 1. The zero-order valence-electron chi connectivity index (χ0n) is 15.0. The van der Waals surface area contributed by atoms with Crippen LogP contribution in [0.1, 0.15) is 38.1 Å². The van der Waals surface area contributed by atoms with E-state index in [4.69, 9.17) is 9.83 Å². The minimum atomic E-state index is -0.654. The molecule has 0 fully saturated rings. The van der Waals surface area contributed by atoms with Gasteiger partial charge in [0, 0.05) is 11.9 Å². The van der Waals surface area contributed by atoms with Gasteiger partial charge in [0.1, 0.15) is 16.6 Å². The maximum Gasteiger partial charge on any atom is 0.261 e. The van der Waals surface area contributed by atoms with Gasteiger partial charge >= 0.3 is 0 Å². The Labute approximate surface area is 163 Å². The monoisotopic (exact) mass is 396 g/mol. The maximum atomic E-state index is 12.7. The highest BCUT2D eigenvalue weighted by Gasteiger charge is 2.22. The summed E-state index contributed by atoms with van der Waals surface area (Å²) in [6.07, 6.45) is 0. The number of nitriles is 1. The summed E-state index contributed by atoms with van der Waals surface area (Å²) >= 11 is 0.995. The van der Waals surface area contributed by atoms with Crippen LogP contribution in [0, 0.1) is 23.7 Å². The van der Waals surface area contributed by atoms with E-state index in [1.165, 1.54) is 12.1 Å². The number of anilines is 1. The van der Waals surface area contributed by atoms with Gasteiger partial charge in [0.2, 0.25) is 5.55 Å². The Morgan fingerprint density at radius 3 is 2.79 bits per heavy atom. The summed E-state index contributed by atoms with van der Waals surface area (Å²) in [6.45, 7) is 3.86. The van der Waals surface area contributed by atoms with Gasteiger partial charge in [-0.15, -0.1) is 11.3 Å². The zero-order chi connectivity index (χ0) is 20.4. The molecule has 2 heterocycles. The molecule has 0 bridgehead atoms. The molecule has 0 radical (unpaired) electrons. The molecule has 0 aliphatic carbocycles. The standard InChI is InChI=1S/C19H16N4O4S/c1-3-22-18(26)15-9(2)12(8-20)19(28-15)23-17(25)11-7-10-5-4-6-13(24)14(10)27-16(11)21/h4-7,21,24H,3H2,1-2H3,(H,22,26)(H,23,25). The minimum absolute atomic E-state index is 0.0624. The second-order valence-corrected chi connectivity index (χ2v) is 6.89. The summed E-state index contributed by atoms with van der Waals surface area (Å²) in [5.74, 6) is -1.11. The van der Waals surface area contributed by atoms with E-state index in [1.807, 2.05) is 6.07 Å². The van der Waals surface area contributed by atoms with Crippen molar-refractivity contribution >= 4 is 39.1 Å². The summed E-state index contributed by atoms with van der Waals surface area (Å²) < 4.78 is 5.27. The van der Waals surface area contributed by atoms with Gasteiger partial charge in [0.05, 0.1) is 10.4 Å². The molecular weight excluding hydrogens is 380 g/mol. The molecule has 1 aromatic carbocycles. The number of aromatic hydroxyl groups is 1. The van der Waals surface area contributed by atoms with Gasteiger partial charge in [0.25, 0.3) is 11.8 Å². The Balaban J connectivity index is 2.00. The fourth-order valence-corrected chi connectivity index (χ4v) is 3.75. The number of rotatable bonds is 4. The summed E-state index contributed by atoms with van der Waals surface area (Å²) in [5.41, 5.74) is 0.288. The Morgan fingerprint density at radius 2 is 2.11 bits per heavy atom. The number of amides is 2. The Bertz CT molecular complexity index is 1200. The van der Waals surface area contributed by atoms with Gasteiger partial charge in [-0.05, 0) is 31.5 Å². The number of carbonyl (C=O) groups excluding carboxylic acids is 2. The van der Waals surface area contributed by atoms with Gasteiger partial charge in [0.15, 0.2) is 11.3 Å². The molecule has 0 saturated heterocycles. The lowest BCUT2D eigenvalue weighted by Gasteiger charge is -2.05. The SMILES string of the molecule is CCNC(=O)c1sc(NC(=O)c2cc3cccc(O)c3oc2=N)c(C#N)c1C. The molecule has 0 aliphatic heterocycles. The third-order valence-electron chi connectivity index (χ3n) is 4.05. The van der Waals surface area contributed by atoms with Crippen LogP contribution in [-0.4, -0.2) is 23.5 Å². The highest BCUT2D eigenvalue weighted by molar-refractivity contribution is 7.18. The number of hydrogen-bond acceptors (Lipinski definition) is 7. The van der Waals surface area contributed by atoms with Gasteiger partial charge in [-0.2, -0.15) is 5.26 Å². The number of phenols is 1. The molecule has 0 aliphatic rings. The highest BCUT2D eigenvalue weighted by Crippen LogP contribution is 2.33. The van der Waals surface area contributed by atoms with E-state index in [0.29, 0.717) is 22.4 Å². The van der Waals surface area contributed by atoms with E-state index in [1.54, 1.807) is 26.0 Å². The predicted octanol–water partition coefficient (Wildman–Crippen LogP) is 2.86. The molecule has 28 heavy (non-hydrogen) atoms. The van der Waals surface area contributed by atoms with Crippen molar-refractivity contribution in [1.82, 2.24) is 5.32 Å². The van der Waals surface area contributed by atoms with Crippen molar-refractivity contribution in [3.8, 4) is 11.8 Å². The van der Waals surface area contributed by atoms with Crippen LogP contribution in [0.5, 0.6) is 5.75 Å². The van der Waals surface area contributed by atoms with Crippen LogP contribution in [-0.2, 0) is 0 Å². The van der Waals surface area contributed by atoms with Crippen molar-refractivity contribution in [1.29, 1.82) is 10.7 Å². The molecule has 0 saturated carbocycles. The number of nitrogens with zero attached hydrogens (tertiary/aromatic N) is 1. The summed E-state index contributed by atoms with van der Waals surface area (Å²) in [6, 6.07) is 8.07. The molecule has 0 spiro atoms. The number of nitrogens with one attached hydrogen (secondary N) is 3. The first-order valence-corrected chi connectivity index (χ1v) is 9.12. The molecule has 0 unspecified atom stereocenters. The molecule has 9 heteroatoms. The van der Waals surface area contributed by atoms with E-state index >= 15 is 0 Å². The minimum Gasteiger partial charge on any atom is -0.504 e. The Hall–Kier alpha value is -3.64. The van der Waals surface area contributed by atoms with Gasteiger partial charge in [-0.25, -0.2) is 0 Å². The molecular formula is C19H16N4O4S. The van der Waals surface area contributed by atoms with E-state index in [-0.39, 0.29) is 33.4 Å². The van der Waals surface area contributed by atoms with Crippen molar-refractivity contribution in [2.45, 2.75) is 13.8 Å². The average molecular weight is 396 g/mol. The molecule has 4 N–H and O–H groups in total. The number of fused-ring (bicyclic) bond motifs is 1. The number of hydrogen-bond donors (Lipinski definition) is 4. The van der Waals surface area contributed by atoms with Gasteiger partial charge < -0.3 is 20.2 Å². The third-order valence-corrected chi connectivity index (χ3v) is 5.25. The number of para-hydroxylation sites is 1. The molecule has 3 rings (SSSR count). The van der Waals surface area contributed by atoms with Crippen LogP contribution >= 0.6 is 11.3 Å². The lowest BCUT2D eigenvalue weighted by Crippen LogP contribution is -2.22. The van der Waals surface area contributed by atoms with E-state index < -0.39 is 11.5 Å². The second kappa shape index (κ2) is 7.54. The lowest BCUT2D eigenvalue weighted by atomic mass is 10.1. The van der Waals surface area contributed by atoms with Crippen molar-refractivity contribution in [3.63, 3.8) is 0 Å². The topological polar surface area (TPSA) is 139 Å². The lowest BCUT2D eigenvalue weighted by molar-refractivity contribution is 0.0958. The van der Waals surface area contributed by atoms with Crippen molar-refractivity contribution in [2.75, 3.05) is 11.9 Å². The van der Waals surface area contributed by atoms with Crippen molar-refractivity contribution in [3.05, 3.63) is 51.4 Å². The Morgan fingerprint density at radius 1 is 1.36 bits per heavy atom. The van der Waals surface area contributed by atoms with E-state index in [2.05, 4.69) is 10.6 Å². The van der Waals surface area contributed by atoms with E-state index in [9.17, 15) is 20.0 Å². The fourth-order valence-electron chi connectivity index (χ4n) is 2.68. The van der Waals surface area contributed by atoms with Crippen LogP contribution in [0.15, 0.2) is 28.7 Å². The van der Waals surface area contributed by atoms with Crippen LogP contribution in [0.4, 0.5) is 5.00 Å². The predicted molar refractivity (Wildman–Crippen MR) is 103 cm³/mol. The quantitative estimate of drug-likeness (QED) is 0.537. The fraction of sp³-hybridized carbons (Fsp3) is 0.158. The molecule has 142 valence electrons. The largest absolute Gasteiger partial charge is 0.504 e. The first-order valence-electron chi connectivity index (χ1n) is 8.30. The highest BCUT2D eigenvalue weighted by atomic mass is 32.1. The first-order chi connectivity index (χ1) is 13.4. The van der Waals surface area contributed by atoms with Crippen molar-refractivity contribution in [2.24, 2.45) is 0 Å². The van der Waals surface area contributed by atoms with Gasteiger partial charge in [-0.3, -0.25) is 15.0 Å². The van der Waals surface area contributed by atoms with Crippen LogP contribution in [0.3, 0.4) is 0 Å². The number of phenolic OH excluding ortho intramolecular Hbond substituents is 1. The van der Waals surface area contributed by atoms with Crippen LogP contribution in [0.25, 0.3) is 11.0 Å². The molecule has 0 atom stereocenters. The molecule has 8 nitrogen and oxygen atoms in total. The maximum absolute atomic E-state index is 12.7. The van der Waals surface area contributed by atoms with Crippen LogP contribution < -0.4 is 16.2 Å². The van der Waals surface area contributed by atoms with Crippen LogP contribution in [0.2, 0.25) is 0 Å². The third kappa shape index (κ3) is 3.33. The summed E-state index contributed by atoms with van der Waals surface area (Å²) in [4.78, 5) is 25.2. The zero-order valence-corrected chi connectivity index (χ0v) is 15.9. The first kappa shape index (κ1) is 19.1. The number of carbonyl (C=O) groups is 2. The normalized spacial score (nSPS) is 10.5. The molecule has 3 aromatic rings. The van der Waals surface area contributed by atoms with Gasteiger partial charge in [-0.1, -0.05) is 12.1 Å². The number of thiophene rings is 1.